The minimum Gasteiger partial charge on any atom is -0.468 e. The molecule has 25 heavy (non-hydrogen) atoms. The molecule has 0 aliphatic carbocycles. The molecule has 0 unspecified atom stereocenters. The number of amides is 1. The highest BCUT2D eigenvalue weighted by Crippen LogP contribution is 2.23. The number of carbonyl (C=O) groups excluding carboxylic acids is 1. The van der Waals surface area contributed by atoms with Crippen molar-refractivity contribution in [1.82, 2.24) is 9.97 Å². The molecule has 2 heterocycles. The number of alkyl halides is 3. The molecule has 0 aliphatic rings. The number of halogens is 3. The monoisotopic (exact) mass is 373 g/mol. The smallest absolute Gasteiger partial charge is 0.422 e. The third kappa shape index (κ3) is 6.00. The van der Waals surface area contributed by atoms with Crippen LogP contribution in [-0.4, -0.2) is 28.7 Å². The summed E-state index contributed by atoms with van der Waals surface area (Å²) < 4.78 is 40.8. The molecule has 1 N–H and O–H groups in total. The highest BCUT2D eigenvalue weighted by Gasteiger charge is 2.28. The van der Waals surface area contributed by atoms with E-state index < -0.39 is 12.8 Å². The van der Waals surface area contributed by atoms with Gasteiger partial charge in [-0.15, -0.1) is 11.3 Å². The molecule has 5 nitrogen and oxygen atoms in total. The van der Waals surface area contributed by atoms with Gasteiger partial charge in [-0.25, -0.2) is 9.97 Å². The Kier molecular flexibility index (Phi) is 5.99. The van der Waals surface area contributed by atoms with E-state index in [-0.39, 0.29) is 11.8 Å². The molecule has 9 heteroatoms. The second-order valence-corrected chi connectivity index (χ2v) is 6.95. The van der Waals surface area contributed by atoms with E-state index in [2.05, 4.69) is 33.9 Å². The van der Waals surface area contributed by atoms with Crippen LogP contribution in [0, 0.1) is 12.8 Å². The van der Waals surface area contributed by atoms with Crippen molar-refractivity contribution in [2.45, 2.75) is 33.4 Å². The van der Waals surface area contributed by atoms with Crippen molar-refractivity contribution in [3.63, 3.8) is 0 Å². The zero-order chi connectivity index (χ0) is 18.6. The Balaban J connectivity index is 2.00. The van der Waals surface area contributed by atoms with Crippen LogP contribution in [0.2, 0.25) is 0 Å². The number of pyridine rings is 1. The first-order valence-electron chi connectivity index (χ1n) is 7.57. The molecule has 136 valence electrons. The summed E-state index contributed by atoms with van der Waals surface area (Å²) in [6.07, 6.45) is -2.38. The van der Waals surface area contributed by atoms with Crippen molar-refractivity contribution < 1.29 is 22.7 Å². The molecular weight excluding hydrogens is 355 g/mol. The van der Waals surface area contributed by atoms with E-state index >= 15 is 0 Å². The maximum absolute atomic E-state index is 12.3. The fraction of sp³-hybridized carbons (Fsp3) is 0.438. The normalized spacial score (nSPS) is 11.6. The third-order valence-electron chi connectivity index (χ3n) is 3.01. The maximum Gasteiger partial charge on any atom is 0.422 e. The average Bonchev–Trinajstić information content (AvgIpc) is 2.85. The van der Waals surface area contributed by atoms with E-state index in [4.69, 9.17) is 0 Å². The lowest BCUT2D eigenvalue weighted by atomic mass is 10.1. The number of hydrogen-bond acceptors (Lipinski definition) is 5. The molecule has 0 aromatic carbocycles. The number of nitrogens with zero attached hydrogens (tertiary/aromatic N) is 2. The van der Waals surface area contributed by atoms with Crippen LogP contribution in [0.5, 0.6) is 5.88 Å². The number of rotatable bonds is 6. The molecule has 0 aliphatic heterocycles. The van der Waals surface area contributed by atoms with E-state index in [9.17, 15) is 18.0 Å². The molecule has 2 rings (SSSR count). The maximum atomic E-state index is 12.3. The van der Waals surface area contributed by atoms with E-state index in [1.165, 1.54) is 29.7 Å². The van der Waals surface area contributed by atoms with E-state index in [1.54, 1.807) is 6.92 Å². The highest BCUT2D eigenvalue weighted by molar-refractivity contribution is 7.13. The van der Waals surface area contributed by atoms with Gasteiger partial charge >= 0.3 is 6.18 Å². The number of anilines is 1. The molecule has 0 saturated carbocycles. The Morgan fingerprint density at radius 1 is 1.36 bits per heavy atom. The second-order valence-electron chi connectivity index (χ2n) is 5.86. The molecule has 0 fully saturated rings. The summed E-state index contributed by atoms with van der Waals surface area (Å²) in [6.45, 7) is 4.50. The second kappa shape index (κ2) is 7.81. The lowest BCUT2D eigenvalue weighted by Crippen LogP contribution is -2.19. The summed E-state index contributed by atoms with van der Waals surface area (Å²) >= 11 is 1.34. The molecule has 2 aromatic rings. The minimum atomic E-state index is -4.42. The number of nitrogens with one attached hydrogen (secondary N) is 1. The Hall–Kier alpha value is -2.16. The quantitative estimate of drug-likeness (QED) is 0.823. The van der Waals surface area contributed by atoms with Crippen molar-refractivity contribution in [2.24, 2.45) is 5.92 Å². The first kappa shape index (κ1) is 19.2. The third-order valence-corrected chi connectivity index (χ3v) is 4.19. The van der Waals surface area contributed by atoms with Crippen molar-refractivity contribution >= 4 is 22.9 Å². The number of carbonyl (C=O) groups is 1. The predicted octanol–water partition coefficient (Wildman–Crippen LogP) is 4.24. The molecule has 1 amide bonds. The first-order valence-corrected chi connectivity index (χ1v) is 8.39. The van der Waals surface area contributed by atoms with Crippen LogP contribution in [-0.2, 0) is 6.42 Å². The average molecular weight is 373 g/mol. The van der Waals surface area contributed by atoms with Gasteiger partial charge in [-0.05, 0) is 18.9 Å². The minimum absolute atomic E-state index is 0.163. The molecule has 0 saturated heterocycles. The first-order chi connectivity index (χ1) is 11.6. The number of aryl methyl sites for hydroxylation is 1. The van der Waals surface area contributed by atoms with E-state index in [0.717, 1.165) is 11.4 Å². The lowest BCUT2D eigenvalue weighted by molar-refractivity contribution is -0.154. The fourth-order valence-corrected chi connectivity index (χ4v) is 3.15. The van der Waals surface area contributed by atoms with Crippen LogP contribution in [0.1, 0.15) is 34.2 Å². The van der Waals surface area contributed by atoms with Crippen LogP contribution >= 0.6 is 11.3 Å². The van der Waals surface area contributed by atoms with Crippen LogP contribution in [0.25, 0.3) is 0 Å². The van der Waals surface area contributed by atoms with Crippen molar-refractivity contribution in [2.75, 3.05) is 11.9 Å². The SMILES string of the molecule is Cc1nc(CC(C)C)sc1C(=O)Nc1ccc(OCC(F)(F)F)nc1. The van der Waals surface area contributed by atoms with Gasteiger partial charge in [0.2, 0.25) is 5.88 Å². The van der Waals surface area contributed by atoms with Gasteiger partial charge in [0.25, 0.3) is 5.91 Å². The zero-order valence-electron chi connectivity index (χ0n) is 14.0. The van der Waals surface area contributed by atoms with Gasteiger partial charge in [0.05, 0.1) is 22.6 Å². The summed E-state index contributed by atoms with van der Waals surface area (Å²) in [5, 5.41) is 3.55. The Morgan fingerprint density at radius 3 is 2.64 bits per heavy atom. The molecule has 0 radical (unpaired) electrons. The van der Waals surface area contributed by atoms with E-state index in [0.29, 0.717) is 22.2 Å². The number of hydrogen-bond donors (Lipinski definition) is 1. The van der Waals surface area contributed by atoms with Gasteiger partial charge in [0.15, 0.2) is 6.61 Å². The predicted molar refractivity (Wildman–Crippen MR) is 89.1 cm³/mol. The fourth-order valence-electron chi connectivity index (χ4n) is 1.98. The van der Waals surface area contributed by atoms with E-state index in [1.807, 2.05) is 0 Å². The number of ether oxygens (including phenoxy) is 1. The molecular formula is C16H18F3N3O2S. The molecule has 2 aromatic heterocycles. The largest absolute Gasteiger partial charge is 0.468 e. The van der Waals surface area contributed by atoms with Gasteiger partial charge in [-0.1, -0.05) is 13.8 Å². The molecule has 0 bridgehead atoms. The number of aromatic nitrogens is 2. The lowest BCUT2D eigenvalue weighted by Gasteiger charge is -2.09. The number of thiazole rings is 1. The zero-order valence-corrected chi connectivity index (χ0v) is 14.8. The van der Waals surface area contributed by atoms with Crippen molar-refractivity contribution in [1.29, 1.82) is 0 Å². The van der Waals surface area contributed by atoms with Crippen LogP contribution in [0.3, 0.4) is 0 Å². The Bertz CT molecular complexity index is 727. The van der Waals surface area contributed by atoms with Crippen LogP contribution in [0.15, 0.2) is 18.3 Å². The summed E-state index contributed by atoms with van der Waals surface area (Å²) in [5.74, 6) is -0.0471. The standard InChI is InChI=1S/C16H18F3N3O2S/c1-9(2)6-13-21-10(3)14(25-13)15(23)22-11-4-5-12(20-7-11)24-8-16(17,18)19/h4-5,7,9H,6,8H2,1-3H3,(H,22,23). The Morgan fingerprint density at radius 2 is 2.08 bits per heavy atom. The van der Waals surface area contributed by atoms with Gasteiger partial charge < -0.3 is 10.1 Å². The Labute approximate surface area is 147 Å². The van der Waals surface area contributed by atoms with Crippen LogP contribution in [0.4, 0.5) is 18.9 Å². The molecule has 0 spiro atoms. The van der Waals surface area contributed by atoms with Crippen molar-refractivity contribution in [3.8, 4) is 5.88 Å². The summed E-state index contributed by atoms with van der Waals surface area (Å²) in [4.78, 5) is 21.0. The summed E-state index contributed by atoms with van der Waals surface area (Å²) in [7, 11) is 0. The molecule has 0 atom stereocenters. The van der Waals surface area contributed by atoms with Gasteiger partial charge in [0, 0.05) is 12.5 Å². The summed E-state index contributed by atoms with van der Waals surface area (Å²) in [5.41, 5.74) is 1.01. The van der Waals surface area contributed by atoms with Gasteiger partial charge in [-0.3, -0.25) is 4.79 Å². The van der Waals surface area contributed by atoms with Gasteiger partial charge in [-0.2, -0.15) is 13.2 Å². The van der Waals surface area contributed by atoms with Crippen LogP contribution < -0.4 is 10.1 Å². The summed E-state index contributed by atoms with van der Waals surface area (Å²) in [6, 6.07) is 2.70. The topological polar surface area (TPSA) is 64.1 Å². The highest BCUT2D eigenvalue weighted by atomic mass is 32.1. The van der Waals surface area contributed by atoms with Gasteiger partial charge in [0.1, 0.15) is 4.88 Å². The van der Waals surface area contributed by atoms with Crippen molar-refractivity contribution in [3.05, 3.63) is 33.9 Å².